The van der Waals surface area contributed by atoms with Crippen LogP contribution in [0.25, 0.3) is 0 Å². The summed E-state index contributed by atoms with van der Waals surface area (Å²) in [6, 6.07) is 0. The molecule has 0 amide bonds. The molecule has 7 N–H and O–H groups in total. The molecule has 196 valence electrons. The number of carbonyl (C=O) groups is 1. The first-order chi connectivity index (χ1) is 15.9. The number of ether oxygens (including phenoxy) is 4. The van der Waals surface area contributed by atoms with E-state index in [1.54, 1.807) is 6.92 Å². The summed E-state index contributed by atoms with van der Waals surface area (Å²) in [6.45, 7) is 4.29. The van der Waals surface area contributed by atoms with Crippen molar-refractivity contribution in [3.63, 3.8) is 0 Å². The average molecular weight is 493 g/mol. The van der Waals surface area contributed by atoms with Crippen LogP contribution in [0.4, 0.5) is 0 Å². The lowest BCUT2D eigenvalue weighted by atomic mass is 9.77. The van der Waals surface area contributed by atoms with E-state index < -0.39 is 79.9 Å². The maximum absolute atomic E-state index is 12.1. The summed E-state index contributed by atoms with van der Waals surface area (Å²) < 4.78 is 22.3. The van der Waals surface area contributed by atoms with Crippen LogP contribution in [0.1, 0.15) is 33.6 Å². The van der Waals surface area contributed by atoms with E-state index in [2.05, 4.69) is 0 Å². The van der Waals surface area contributed by atoms with Gasteiger partial charge in [-0.2, -0.15) is 0 Å². The van der Waals surface area contributed by atoms with Gasteiger partial charge in [0.2, 0.25) is 0 Å². The number of carbonyl (C=O) groups excluding carboxylic acids is 1. The molecule has 12 nitrogen and oxygen atoms in total. The molecule has 3 aliphatic rings. The molecule has 0 aromatic carbocycles. The number of ketones is 1. The van der Waals surface area contributed by atoms with Gasteiger partial charge < -0.3 is 54.7 Å². The highest BCUT2D eigenvalue weighted by Gasteiger charge is 2.47. The van der Waals surface area contributed by atoms with Crippen LogP contribution in [0.5, 0.6) is 0 Å². The van der Waals surface area contributed by atoms with Crippen LogP contribution in [0, 0.1) is 5.41 Å². The van der Waals surface area contributed by atoms with Gasteiger partial charge in [0.05, 0.1) is 13.2 Å². The molecular weight excluding hydrogens is 456 g/mol. The zero-order chi connectivity index (χ0) is 25.4. The second-order valence-electron chi connectivity index (χ2n) is 9.79. The van der Waals surface area contributed by atoms with Gasteiger partial charge >= 0.3 is 0 Å². The van der Waals surface area contributed by atoms with E-state index in [0.717, 1.165) is 0 Å². The van der Waals surface area contributed by atoms with Gasteiger partial charge in [0.1, 0.15) is 67.3 Å². The lowest BCUT2D eigenvalue weighted by Crippen LogP contribution is -2.62. The van der Waals surface area contributed by atoms with Gasteiger partial charge in [-0.15, -0.1) is 0 Å². The van der Waals surface area contributed by atoms with Crippen molar-refractivity contribution >= 4 is 5.78 Å². The minimum atomic E-state index is -1.64. The van der Waals surface area contributed by atoms with E-state index in [1.165, 1.54) is 0 Å². The molecule has 0 bridgehead atoms. The molecule has 34 heavy (non-hydrogen) atoms. The molecule has 10 atom stereocenters. The Labute approximate surface area is 197 Å². The van der Waals surface area contributed by atoms with Crippen LogP contribution in [0.2, 0.25) is 0 Å². The summed E-state index contributed by atoms with van der Waals surface area (Å²) in [4.78, 5) is 12.1. The molecule has 2 fully saturated rings. The quantitative estimate of drug-likeness (QED) is 0.195. The molecule has 0 spiro atoms. The van der Waals surface area contributed by atoms with Crippen molar-refractivity contribution in [1.82, 2.24) is 0 Å². The van der Waals surface area contributed by atoms with Gasteiger partial charge in [0.15, 0.2) is 12.1 Å². The lowest BCUT2D eigenvalue weighted by molar-refractivity contribution is -0.315. The standard InChI is InChI=1S/C22H36O12/c1-9-10(24)4-5-22(2,3)20(9)31-7-12-15(26)17(28)16(27)13(33-12)8-32-21-19(30)18(29)14(25)11(6-23)34-21/h11-19,21,23,25-30H,4-8H2,1-3H3/t11-,12+,13-,14-,15+,16-,17-,18+,19-,21-/m1/s1. The van der Waals surface area contributed by atoms with Crippen molar-refractivity contribution in [3.05, 3.63) is 11.3 Å². The van der Waals surface area contributed by atoms with E-state index in [1.807, 2.05) is 13.8 Å². The molecule has 3 rings (SSSR count). The van der Waals surface area contributed by atoms with Gasteiger partial charge in [-0.25, -0.2) is 0 Å². The number of aliphatic hydroxyl groups is 7. The SMILES string of the molecule is CC1=C(OC[C@@H]2O[C@H](CO[C@@H]3O[C@H](CO)[C@@H](O)[C@H](O)[C@H]3O)[C@@H](O)[C@H](O)[C@H]2O)C(C)(C)CCC1=O. The molecule has 2 aliphatic heterocycles. The Hall–Kier alpha value is -1.19. The van der Waals surface area contributed by atoms with Crippen LogP contribution in [-0.4, -0.2) is 123 Å². The van der Waals surface area contributed by atoms with Gasteiger partial charge in [0.25, 0.3) is 0 Å². The first kappa shape index (κ1) is 27.4. The van der Waals surface area contributed by atoms with E-state index in [9.17, 15) is 40.5 Å². The van der Waals surface area contributed by atoms with Crippen molar-refractivity contribution < 1.29 is 59.5 Å². The Morgan fingerprint density at radius 2 is 1.41 bits per heavy atom. The van der Waals surface area contributed by atoms with Crippen LogP contribution < -0.4 is 0 Å². The minimum Gasteiger partial charge on any atom is -0.494 e. The molecule has 12 heteroatoms. The van der Waals surface area contributed by atoms with Crippen LogP contribution in [-0.2, 0) is 23.7 Å². The fourth-order valence-electron chi connectivity index (χ4n) is 4.53. The minimum absolute atomic E-state index is 0.0271. The third kappa shape index (κ3) is 5.46. The van der Waals surface area contributed by atoms with Gasteiger partial charge in [-0.1, -0.05) is 13.8 Å². The van der Waals surface area contributed by atoms with E-state index in [0.29, 0.717) is 24.2 Å². The number of rotatable bonds is 7. The summed E-state index contributed by atoms with van der Waals surface area (Å²) in [5.41, 5.74) is 0.0890. The molecule has 0 saturated carbocycles. The third-order valence-corrected chi connectivity index (χ3v) is 6.83. The monoisotopic (exact) mass is 492 g/mol. The Kier molecular flexibility index (Phi) is 8.72. The molecule has 0 unspecified atom stereocenters. The highest BCUT2D eigenvalue weighted by molar-refractivity contribution is 5.96. The largest absolute Gasteiger partial charge is 0.494 e. The van der Waals surface area contributed by atoms with E-state index in [-0.39, 0.29) is 12.4 Å². The Morgan fingerprint density at radius 1 is 0.853 bits per heavy atom. The maximum atomic E-state index is 12.1. The maximum Gasteiger partial charge on any atom is 0.186 e. The first-order valence-corrected chi connectivity index (χ1v) is 11.4. The summed E-state index contributed by atoms with van der Waals surface area (Å²) in [7, 11) is 0. The van der Waals surface area contributed by atoms with E-state index >= 15 is 0 Å². The Bertz CT molecular complexity index is 752. The number of allylic oxidation sites excluding steroid dienone is 2. The fraction of sp³-hybridized carbons (Fsp3) is 0.864. The number of aliphatic hydroxyl groups excluding tert-OH is 7. The predicted molar refractivity (Wildman–Crippen MR) is 113 cm³/mol. The predicted octanol–water partition coefficient (Wildman–Crippen LogP) is -2.67. The van der Waals surface area contributed by atoms with Crippen molar-refractivity contribution in [2.24, 2.45) is 5.41 Å². The van der Waals surface area contributed by atoms with Crippen LogP contribution in [0.15, 0.2) is 11.3 Å². The van der Waals surface area contributed by atoms with Crippen molar-refractivity contribution in [2.45, 2.75) is 94.8 Å². The average Bonchev–Trinajstić information content (AvgIpc) is 2.80. The van der Waals surface area contributed by atoms with E-state index in [4.69, 9.17) is 18.9 Å². The van der Waals surface area contributed by atoms with Crippen LogP contribution in [0.3, 0.4) is 0 Å². The highest BCUT2D eigenvalue weighted by atomic mass is 16.7. The lowest BCUT2D eigenvalue weighted by Gasteiger charge is -2.43. The second-order valence-corrected chi connectivity index (χ2v) is 9.79. The zero-order valence-electron chi connectivity index (χ0n) is 19.5. The first-order valence-electron chi connectivity index (χ1n) is 11.4. The number of hydrogen-bond acceptors (Lipinski definition) is 12. The van der Waals surface area contributed by atoms with Crippen molar-refractivity contribution in [3.8, 4) is 0 Å². The second kappa shape index (κ2) is 10.8. The molecule has 2 saturated heterocycles. The summed E-state index contributed by atoms with van der Waals surface area (Å²) in [5, 5.41) is 70.2. The smallest absolute Gasteiger partial charge is 0.186 e. The molecule has 1 aliphatic carbocycles. The van der Waals surface area contributed by atoms with Gasteiger partial charge in [-0.3, -0.25) is 4.79 Å². The molecule has 2 heterocycles. The Morgan fingerprint density at radius 3 is 2.03 bits per heavy atom. The summed E-state index contributed by atoms with van der Waals surface area (Å²) in [6.07, 6.45) is -13.3. The topological polar surface area (TPSA) is 196 Å². The summed E-state index contributed by atoms with van der Waals surface area (Å²) >= 11 is 0. The van der Waals surface area contributed by atoms with Crippen molar-refractivity contribution in [1.29, 1.82) is 0 Å². The Balaban J connectivity index is 1.65. The van der Waals surface area contributed by atoms with Gasteiger partial charge in [0, 0.05) is 17.4 Å². The fourth-order valence-corrected chi connectivity index (χ4v) is 4.53. The molecular formula is C22H36O12. The number of hydrogen-bond donors (Lipinski definition) is 7. The third-order valence-electron chi connectivity index (χ3n) is 6.83. The van der Waals surface area contributed by atoms with Crippen molar-refractivity contribution in [2.75, 3.05) is 19.8 Å². The zero-order valence-corrected chi connectivity index (χ0v) is 19.5. The molecule has 0 radical (unpaired) electrons. The highest BCUT2D eigenvalue weighted by Crippen LogP contribution is 2.39. The summed E-state index contributed by atoms with van der Waals surface area (Å²) in [5.74, 6) is 0.454. The van der Waals surface area contributed by atoms with Crippen LogP contribution >= 0.6 is 0 Å². The normalized spacial score (nSPS) is 43.2. The number of Topliss-reactive ketones (excluding diaryl/α,β-unsaturated/α-hetero) is 1. The van der Waals surface area contributed by atoms with Gasteiger partial charge in [-0.05, 0) is 13.3 Å². The molecule has 0 aromatic rings. The molecule has 0 aromatic heterocycles.